The fourth-order valence-corrected chi connectivity index (χ4v) is 1.25. The molecule has 0 fully saturated rings. The molecular formula is C9H7NO4. The molecule has 1 heterocycles. The van der Waals surface area contributed by atoms with Crippen LogP contribution in [0.15, 0.2) is 18.3 Å². The normalized spacial score (nSPS) is 10.6. The standard InChI is InChI=1S/C9H7NO4/c11-6-4-2-1-3-10-5(4)7(12)9(14)8(6)13/h1-3,11-14H. The molecule has 0 aliphatic heterocycles. The predicted molar refractivity (Wildman–Crippen MR) is 48.4 cm³/mol. The lowest BCUT2D eigenvalue weighted by Crippen LogP contribution is -1.82. The first-order valence-corrected chi connectivity index (χ1v) is 3.83. The number of hydrogen-bond acceptors (Lipinski definition) is 5. The monoisotopic (exact) mass is 193 g/mol. The van der Waals surface area contributed by atoms with Crippen molar-refractivity contribution in [1.29, 1.82) is 0 Å². The highest BCUT2D eigenvalue weighted by molar-refractivity contribution is 5.94. The zero-order valence-electron chi connectivity index (χ0n) is 6.97. The van der Waals surface area contributed by atoms with Gasteiger partial charge in [0.2, 0.25) is 11.5 Å². The molecule has 0 aliphatic rings. The average Bonchev–Trinajstić information content (AvgIpc) is 2.23. The van der Waals surface area contributed by atoms with Crippen LogP contribution in [-0.4, -0.2) is 25.4 Å². The Kier molecular flexibility index (Phi) is 1.60. The molecule has 0 radical (unpaired) electrons. The molecule has 0 bridgehead atoms. The molecule has 4 N–H and O–H groups in total. The van der Waals surface area contributed by atoms with Crippen LogP contribution in [0.3, 0.4) is 0 Å². The van der Waals surface area contributed by atoms with Gasteiger partial charge in [-0.3, -0.25) is 4.98 Å². The van der Waals surface area contributed by atoms with Gasteiger partial charge in [0.15, 0.2) is 11.5 Å². The van der Waals surface area contributed by atoms with E-state index in [0.717, 1.165) is 0 Å². The molecule has 72 valence electrons. The van der Waals surface area contributed by atoms with E-state index in [4.69, 9.17) is 0 Å². The number of benzene rings is 1. The highest BCUT2D eigenvalue weighted by atomic mass is 16.3. The Morgan fingerprint density at radius 3 is 2.21 bits per heavy atom. The smallest absolute Gasteiger partial charge is 0.206 e. The molecule has 0 saturated carbocycles. The van der Waals surface area contributed by atoms with Gasteiger partial charge < -0.3 is 20.4 Å². The van der Waals surface area contributed by atoms with Gasteiger partial charge in [0.25, 0.3) is 0 Å². The first kappa shape index (κ1) is 8.43. The van der Waals surface area contributed by atoms with E-state index in [1.54, 1.807) is 0 Å². The van der Waals surface area contributed by atoms with Gasteiger partial charge in [-0.25, -0.2) is 0 Å². The van der Waals surface area contributed by atoms with Crippen molar-refractivity contribution >= 4 is 10.9 Å². The molecule has 5 heteroatoms. The molecule has 0 saturated heterocycles. The minimum absolute atomic E-state index is 0.0419. The Balaban J connectivity index is 3.02. The molecule has 5 nitrogen and oxygen atoms in total. The summed E-state index contributed by atoms with van der Waals surface area (Å²) in [4.78, 5) is 3.76. The molecule has 2 aromatic rings. The Labute approximate surface area is 78.5 Å². The van der Waals surface area contributed by atoms with Gasteiger partial charge in [0, 0.05) is 6.20 Å². The summed E-state index contributed by atoms with van der Waals surface area (Å²) >= 11 is 0. The summed E-state index contributed by atoms with van der Waals surface area (Å²) in [7, 11) is 0. The van der Waals surface area contributed by atoms with E-state index < -0.39 is 23.0 Å². The van der Waals surface area contributed by atoms with E-state index in [0.29, 0.717) is 0 Å². The molecule has 0 spiro atoms. The van der Waals surface area contributed by atoms with Crippen molar-refractivity contribution in [2.75, 3.05) is 0 Å². The zero-order chi connectivity index (χ0) is 10.3. The van der Waals surface area contributed by atoms with Crippen molar-refractivity contribution in [1.82, 2.24) is 4.98 Å². The fraction of sp³-hybridized carbons (Fsp3) is 0. The third kappa shape index (κ3) is 0.922. The topological polar surface area (TPSA) is 93.8 Å². The van der Waals surface area contributed by atoms with Crippen LogP contribution in [0, 0.1) is 0 Å². The molecule has 0 amide bonds. The van der Waals surface area contributed by atoms with Gasteiger partial charge in [-0.2, -0.15) is 0 Å². The Hall–Kier alpha value is -2.17. The van der Waals surface area contributed by atoms with E-state index in [1.807, 2.05) is 0 Å². The maximum absolute atomic E-state index is 9.40. The Morgan fingerprint density at radius 2 is 1.50 bits per heavy atom. The van der Waals surface area contributed by atoms with Crippen molar-refractivity contribution in [2.24, 2.45) is 0 Å². The zero-order valence-corrected chi connectivity index (χ0v) is 6.97. The van der Waals surface area contributed by atoms with Crippen molar-refractivity contribution in [2.45, 2.75) is 0 Å². The molecule has 0 atom stereocenters. The third-order valence-corrected chi connectivity index (χ3v) is 1.96. The summed E-state index contributed by atoms with van der Waals surface area (Å²) in [6.07, 6.45) is 1.40. The summed E-state index contributed by atoms with van der Waals surface area (Å²) in [6, 6.07) is 3.01. The third-order valence-electron chi connectivity index (χ3n) is 1.96. The SMILES string of the molecule is Oc1c(O)c(O)c2ncccc2c1O. The lowest BCUT2D eigenvalue weighted by Gasteiger charge is -2.06. The van der Waals surface area contributed by atoms with Crippen LogP contribution >= 0.6 is 0 Å². The Morgan fingerprint density at radius 1 is 0.857 bits per heavy atom. The van der Waals surface area contributed by atoms with Crippen molar-refractivity contribution in [3.05, 3.63) is 18.3 Å². The van der Waals surface area contributed by atoms with Crippen LogP contribution in [0.25, 0.3) is 10.9 Å². The highest BCUT2D eigenvalue weighted by Crippen LogP contribution is 2.47. The lowest BCUT2D eigenvalue weighted by molar-refractivity contribution is 0.350. The van der Waals surface area contributed by atoms with Gasteiger partial charge in [0.1, 0.15) is 5.52 Å². The molecule has 0 unspecified atom stereocenters. The number of aromatic hydroxyl groups is 4. The van der Waals surface area contributed by atoms with Crippen LogP contribution in [0.2, 0.25) is 0 Å². The number of rotatable bonds is 0. The fourth-order valence-electron chi connectivity index (χ4n) is 1.25. The van der Waals surface area contributed by atoms with E-state index in [-0.39, 0.29) is 10.9 Å². The average molecular weight is 193 g/mol. The Bertz CT molecular complexity index is 463. The second-order valence-corrected chi connectivity index (χ2v) is 2.79. The van der Waals surface area contributed by atoms with E-state index in [2.05, 4.69) is 4.98 Å². The highest BCUT2D eigenvalue weighted by Gasteiger charge is 2.17. The number of hydrogen-bond donors (Lipinski definition) is 4. The van der Waals surface area contributed by atoms with E-state index >= 15 is 0 Å². The largest absolute Gasteiger partial charge is 0.504 e. The van der Waals surface area contributed by atoms with Crippen LogP contribution < -0.4 is 0 Å². The maximum atomic E-state index is 9.40. The van der Waals surface area contributed by atoms with Gasteiger partial charge in [0.05, 0.1) is 5.39 Å². The molecular weight excluding hydrogens is 186 g/mol. The lowest BCUT2D eigenvalue weighted by atomic mass is 10.1. The van der Waals surface area contributed by atoms with Crippen molar-refractivity contribution < 1.29 is 20.4 Å². The molecule has 14 heavy (non-hydrogen) atoms. The maximum Gasteiger partial charge on any atom is 0.206 e. The van der Waals surface area contributed by atoms with Crippen LogP contribution in [-0.2, 0) is 0 Å². The first-order valence-electron chi connectivity index (χ1n) is 3.83. The van der Waals surface area contributed by atoms with E-state index in [1.165, 1.54) is 18.3 Å². The van der Waals surface area contributed by atoms with Gasteiger partial charge >= 0.3 is 0 Å². The van der Waals surface area contributed by atoms with Crippen molar-refractivity contribution in [3.63, 3.8) is 0 Å². The molecule has 0 aliphatic carbocycles. The van der Waals surface area contributed by atoms with Gasteiger partial charge in [-0.15, -0.1) is 0 Å². The van der Waals surface area contributed by atoms with Gasteiger partial charge in [-0.05, 0) is 12.1 Å². The second-order valence-electron chi connectivity index (χ2n) is 2.79. The minimum Gasteiger partial charge on any atom is -0.504 e. The number of phenolic OH excluding ortho intramolecular Hbond substituents is 4. The molecule has 1 aromatic heterocycles. The first-order chi connectivity index (χ1) is 6.63. The van der Waals surface area contributed by atoms with Crippen LogP contribution in [0.5, 0.6) is 23.0 Å². The molecule has 2 rings (SSSR count). The summed E-state index contributed by atoms with van der Waals surface area (Å²) in [5.74, 6) is -2.56. The van der Waals surface area contributed by atoms with E-state index in [9.17, 15) is 20.4 Å². The number of fused-ring (bicyclic) bond motifs is 1. The number of pyridine rings is 1. The minimum atomic E-state index is -0.770. The quantitative estimate of drug-likeness (QED) is 0.370. The predicted octanol–water partition coefficient (Wildman–Crippen LogP) is 1.06. The molecule has 1 aromatic carbocycles. The number of phenols is 4. The van der Waals surface area contributed by atoms with Crippen LogP contribution in [0.4, 0.5) is 0 Å². The number of nitrogens with zero attached hydrogens (tertiary/aromatic N) is 1. The summed E-state index contributed by atoms with van der Waals surface area (Å²) < 4.78 is 0. The van der Waals surface area contributed by atoms with Gasteiger partial charge in [-0.1, -0.05) is 0 Å². The summed E-state index contributed by atoms with van der Waals surface area (Å²) in [6.45, 7) is 0. The van der Waals surface area contributed by atoms with Crippen LogP contribution in [0.1, 0.15) is 0 Å². The summed E-state index contributed by atoms with van der Waals surface area (Å²) in [5, 5.41) is 37.3. The summed E-state index contributed by atoms with van der Waals surface area (Å²) in [5.41, 5.74) is 0.0419. The second kappa shape index (κ2) is 2.66. The number of aromatic nitrogens is 1. The van der Waals surface area contributed by atoms with Crippen molar-refractivity contribution in [3.8, 4) is 23.0 Å².